The SMILES string of the molecule is Cc1cc(C)c(C(=O)NCCN)cc1C. The van der Waals surface area contributed by atoms with E-state index in [-0.39, 0.29) is 5.91 Å². The number of benzene rings is 1. The highest BCUT2D eigenvalue weighted by molar-refractivity contribution is 5.95. The average molecular weight is 206 g/mol. The molecule has 0 saturated carbocycles. The summed E-state index contributed by atoms with van der Waals surface area (Å²) in [7, 11) is 0. The molecule has 0 heterocycles. The van der Waals surface area contributed by atoms with Gasteiger partial charge < -0.3 is 11.1 Å². The Labute approximate surface area is 90.7 Å². The van der Waals surface area contributed by atoms with Crippen LogP contribution in [0.15, 0.2) is 12.1 Å². The Bertz CT molecular complexity index is 372. The third-order valence-electron chi connectivity index (χ3n) is 2.52. The first-order valence-electron chi connectivity index (χ1n) is 5.12. The zero-order valence-corrected chi connectivity index (χ0v) is 9.55. The van der Waals surface area contributed by atoms with Gasteiger partial charge in [0.15, 0.2) is 0 Å². The fourth-order valence-corrected chi connectivity index (χ4v) is 1.49. The molecule has 0 aliphatic heterocycles. The van der Waals surface area contributed by atoms with Crippen LogP contribution in [0.4, 0.5) is 0 Å². The van der Waals surface area contributed by atoms with Crippen LogP contribution in [-0.2, 0) is 0 Å². The lowest BCUT2D eigenvalue weighted by molar-refractivity contribution is 0.0954. The first-order valence-corrected chi connectivity index (χ1v) is 5.12. The van der Waals surface area contributed by atoms with Crippen molar-refractivity contribution in [2.45, 2.75) is 20.8 Å². The van der Waals surface area contributed by atoms with E-state index in [9.17, 15) is 4.79 Å². The Morgan fingerprint density at radius 3 is 2.40 bits per heavy atom. The number of nitrogens with two attached hydrogens (primary N) is 1. The van der Waals surface area contributed by atoms with Gasteiger partial charge in [-0.2, -0.15) is 0 Å². The summed E-state index contributed by atoms with van der Waals surface area (Å²) in [6, 6.07) is 3.96. The molecule has 3 heteroatoms. The molecule has 3 N–H and O–H groups in total. The molecule has 0 atom stereocenters. The van der Waals surface area contributed by atoms with E-state index >= 15 is 0 Å². The maximum atomic E-state index is 11.7. The number of rotatable bonds is 3. The molecular weight excluding hydrogens is 188 g/mol. The summed E-state index contributed by atoms with van der Waals surface area (Å²) in [5, 5.41) is 2.77. The lowest BCUT2D eigenvalue weighted by atomic mass is 10.0. The molecule has 0 spiro atoms. The first-order chi connectivity index (χ1) is 7.06. The second-order valence-corrected chi connectivity index (χ2v) is 3.80. The van der Waals surface area contributed by atoms with Gasteiger partial charge in [0.05, 0.1) is 0 Å². The average Bonchev–Trinajstić information content (AvgIpc) is 2.20. The van der Waals surface area contributed by atoms with Gasteiger partial charge in [0.1, 0.15) is 0 Å². The van der Waals surface area contributed by atoms with Gasteiger partial charge in [-0.3, -0.25) is 4.79 Å². The number of amides is 1. The molecular formula is C12H18N2O. The van der Waals surface area contributed by atoms with Crippen LogP contribution in [-0.4, -0.2) is 19.0 Å². The smallest absolute Gasteiger partial charge is 0.251 e. The maximum Gasteiger partial charge on any atom is 0.251 e. The lowest BCUT2D eigenvalue weighted by Gasteiger charge is -2.09. The molecule has 0 saturated heterocycles. The molecule has 0 bridgehead atoms. The Balaban J connectivity index is 2.94. The molecule has 1 aromatic carbocycles. The summed E-state index contributed by atoms with van der Waals surface area (Å²) in [5.41, 5.74) is 9.43. The first kappa shape index (κ1) is 11.7. The van der Waals surface area contributed by atoms with Gasteiger partial charge >= 0.3 is 0 Å². The molecule has 1 rings (SSSR count). The van der Waals surface area contributed by atoms with Crippen LogP contribution < -0.4 is 11.1 Å². The van der Waals surface area contributed by atoms with Crippen molar-refractivity contribution in [3.8, 4) is 0 Å². The van der Waals surface area contributed by atoms with Crippen LogP contribution >= 0.6 is 0 Å². The molecule has 1 amide bonds. The molecule has 0 aliphatic carbocycles. The van der Waals surface area contributed by atoms with Gasteiger partial charge in [-0.25, -0.2) is 0 Å². The predicted octanol–water partition coefficient (Wildman–Crippen LogP) is 1.30. The minimum absolute atomic E-state index is 0.0407. The predicted molar refractivity (Wildman–Crippen MR) is 62.0 cm³/mol. The van der Waals surface area contributed by atoms with Crippen LogP contribution in [0.2, 0.25) is 0 Å². The highest BCUT2D eigenvalue weighted by atomic mass is 16.1. The number of hydrogen-bond acceptors (Lipinski definition) is 2. The molecule has 0 aliphatic rings. The second-order valence-electron chi connectivity index (χ2n) is 3.80. The van der Waals surface area contributed by atoms with Gasteiger partial charge in [0.2, 0.25) is 0 Å². The van der Waals surface area contributed by atoms with Crippen molar-refractivity contribution in [1.29, 1.82) is 0 Å². The van der Waals surface area contributed by atoms with E-state index in [4.69, 9.17) is 5.73 Å². The van der Waals surface area contributed by atoms with Crippen molar-refractivity contribution >= 4 is 5.91 Å². The minimum Gasteiger partial charge on any atom is -0.351 e. The van der Waals surface area contributed by atoms with Gasteiger partial charge in [0.25, 0.3) is 5.91 Å². The monoisotopic (exact) mass is 206 g/mol. The fourth-order valence-electron chi connectivity index (χ4n) is 1.49. The Kier molecular flexibility index (Phi) is 3.86. The van der Waals surface area contributed by atoms with Crippen molar-refractivity contribution in [3.05, 3.63) is 34.4 Å². The van der Waals surface area contributed by atoms with E-state index in [1.165, 1.54) is 5.56 Å². The van der Waals surface area contributed by atoms with Crippen LogP contribution in [0.5, 0.6) is 0 Å². The molecule has 15 heavy (non-hydrogen) atoms. The molecule has 0 radical (unpaired) electrons. The number of carbonyl (C=O) groups is 1. The summed E-state index contributed by atoms with van der Waals surface area (Å²) >= 11 is 0. The summed E-state index contributed by atoms with van der Waals surface area (Å²) in [6.07, 6.45) is 0. The third-order valence-corrected chi connectivity index (χ3v) is 2.52. The zero-order valence-electron chi connectivity index (χ0n) is 9.55. The largest absolute Gasteiger partial charge is 0.351 e. The van der Waals surface area contributed by atoms with Gasteiger partial charge in [-0.05, 0) is 43.5 Å². The van der Waals surface area contributed by atoms with Gasteiger partial charge in [-0.1, -0.05) is 6.07 Å². The van der Waals surface area contributed by atoms with Gasteiger partial charge in [0, 0.05) is 18.7 Å². The van der Waals surface area contributed by atoms with Crippen molar-refractivity contribution in [3.63, 3.8) is 0 Å². The molecule has 0 fully saturated rings. The van der Waals surface area contributed by atoms with E-state index in [0.717, 1.165) is 16.7 Å². The number of nitrogens with one attached hydrogen (secondary N) is 1. The van der Waals surface area contributed by atoms with Crippen LogP contribution in [0, 0.1) is 20.8 Å². The normalized spacial score (nSPS) is 10.1. The van der Waals surface area contributed by atoms with Gasteiger partial charge in [-0.15, -0.1) is 0 Å². The maximum absolute atomic E-state index is 11.7. The summed E-state index contributed by atoms with van der Waals surface area (Å²) in [6.45, 7) is 6.99. The number of carbonyl (C=O) groups excluding carboxylic acids is 1. The standard InChI is InChI=1S/C12H18N2O/c1-8-6-10(3)11(7-9(8)2)12(15)14-5-4-13/h6-7H,4-5,13H2,1-3H3,(H,14,15). The van der Waals surface area contributed by atoms with E-state index in [1.807, 2.05) is 32.9 Å². The van der Waals surface area contributed by atoms with E-state index in [1.54, 1.807) is 0 Å². The zero-order chi connectivity index (χ0) is 11.4. The Hall–Kier alpha value is -1.35. The quantitative estimate of drug-likeness (QED) is 0.783. The fraction of sp³-hybridized carbons (Fsp3) is 0.417. The Morgan fingerprint density at radius 2 is 1.80 bits per heavy atom. The number of hydrogen-bond donors (Lipinski definition) is 2. The molecule has 1 aromatic rings. The molecule has 82 valence electrons. The lowest BCUT2D eigenvalue weighted by Crippen LogP contribution is -2.29. The highest BCUT2D eigenvalue weighted by Gasteiger charge is 2.09. The second kappa shape index (κ2) is 4.94. The topological polar surface area (TPSA) is 55.1 Å². The Morgan fingerprint density at radius 1 is 1.20 bits per heavy atom. The van der Waals surface area contributed by atoms with Crippen LogP contribution in [0.3, 0.4) is 0 Å². The van der Waals surface area contributed by atoms with Crippen molar-refractivity contribution in [2.24, 2.45) is 5.73 Å². The molecule has 0 aromatic heterocycles. The van der Waals surface area contributed by atoms with Crippen molar-refractivity contribution in [1.82, 2.24) is 5.32 Å². The molecule has 3 nitrogen and oxygen atoms in total. The molecule has 0 unspecified atom stereocenters. The summed E-state index contributed by atoms with van der Waals surface area (Å²) < 4.78 is 0. The van der Waals surface area contributed by atoms with E-state index < -0.39 is 0 Å². The van der Waals surface area contributed by atoms with Crippen LogP contribution in [0.1, 0.15) is 27.0 Å². The van der Waals surface area contributed by atoms with Crippen LogP contribution in [0.25, 0.3) is 0 Å². The third kappa shape index (κ3) is 2.80. The van der Waals surface area contributed by atoms with E-state index in [0.29, 0.717) is 13.1 Å². The highest BCUT2D eigenvalue weighted by Crippen LogP contribution is 2.14. The number of aryl methyl sites for hydroxylation is 3. The van der Waals surface area contributed by atoms with Crippen molar-refractivity contribution < 1.29 is 4.79 Å². The summed E-state index contributed by atoms with van der Waals surface area (Å²) in [5.74, 6) is -0.0407. The minimum atomic E-state index is -0.0407. The van der Waals surface area contributed by atoms with E-state index in [2.05, 4.69) is 5.32 Å². The summed E-state index contributed by atoms with van der Waals surface area (Å²) in [4.78, 5) is 11.7. The van der Waals surface area contributed by atoms with Crippen molar-refractivity contribution in [2.75, 3.05) is 13.1 Å².